The Kier molecular flexibility index (Phi) is 3.36. The summed E-state index contributed by atoms with van der Waals surface area (Å²) < 4.78 is 5.85. The topological polar surface area (TPSA) is 74.4 Å². The highest BCUT2D eigenvalue weighted by Crippen LogP contribution is 2.36. The quantitative estimate of drug-likeness (QED) is 0.419. The van der Waals surface area contributed by atoms with Crippen LogP contribution in [0, 0.1) is 5.92 Å². The van der Waals surface area contributed by atoms with Crippen molar-refractivity contribution < 1.29 is 15.2 Å². The number of ether oxygens (including phenoxy) is 1. The van der Waals surface area contributed by atoms with E-state index in [1.165, 1.54) is 0 Å². The van der Waals surface area contributed by atoms with E-state index in [0.29, 0.717) is 22.8 Å². The summed E-state index contributed by atoms with van der Waals surface area (Å²) in [5.74, 6) is 0.792. The molecule has 0 aromatic carbocycles. The van der Waals surface area contributed by atoms with Crippen molar-refractivity contribution in [1.82, 2.24) is 0 Å². The van der Waals surface area contributed by atoms with Gasteiger partial charge >= 0.3 is 0 Å². The van der Waals surface area contributed by atoms with Crippen LogP contribution in [0.3, 0.4) is 0 Å². The summed E-state index contributed by atoms with van der Waals surface area (Å²) in [7, 11) is 0. The summed E-state index contributed by atoms with van der Waals surface area (Å²) in [4.78, 5) is 0. The monoisotopic (exact) mass is 238 g/mol. The van der Waals surface area contributed by atoms with Crippen LogP contribution in [-0.4, -0.2) is 27.9 Å². The molecule has 5 heteroatoms. The molecule has 94 valence electrons. The lowest BCUT2D eigenvalue weighted by Gasteiger charge is -2.37. The van der Waals surface area contributed by atoms with Gasteiger partial charge in [-0.05, 0) is 33.1 Å². The van der Waals surface area contributed by atoms with Gasteiger partial charge in [0.15, 0.2) is 0 Å². The summed E-state index contributed by atoms with van der Waals surface area (Å²) in [6.07, 6.45) is 4.31. The van der Waals surface area contributed by atoms with Gasteiger partial charge in [-0.15, -0.1) is 0 Å². The molecule has 0 aromatic heterocycles. The normalized spacial score (nSPS) is 32.4. The van der Waals surface area contributed by atoms with Crippen molar-refractivity contribution in [2.75, 3.05) is 0 Å². The minimum atomic E-state index is 0.102. The van der Waals surface area contributed by atoms with Crippen molar-refractivity contribution in [2.45, 2.75) is 45.6 Å². The standard InChI is InChI=1S/C12H18N2O3/c1-7(13-15)11-8(2)17-10-6-4-3-5-9(10)12(11)14-16/h9-10,15-16H,3-6H2,1-2H3/b13-7+,14-12+/t9-,10+/m0/s1. The molecule has 0 aromatic rings. The van der Waals surface area contributed by atoms with Crippen LogP contribution in [-0.2, 0) is 4.74 Å². The Hall–Kier alpha value is -1.52. The first-order valence-electron chi connectivity index (χ1n) is 5.98. The van der Waals surface area contributed by atoms with Gasteiger partial charge in [-0.1, -0.05) is 16.7 Å². The molecule has 1 heterocycles. The maximum absolute atomic E-state index is 9.22. The first kappa shape index (κ1) is 12.0. The van der Waals surface area contributed by atoms with Crippen LogP contribution in [0.4, 0.5) is 0 Å². The Bertz CT molecular complexity index is 399. The van der Waals surface area contributed by atoms with Crippen LogP contribution in [0.2, 0.25) is 0 Å². The molecule has 1 saturated carbocycles. The number of hydrogen-bond donors (Lipinski definition) is 2. The fraction of sp³-hybridized carbons (Fsp3) is 0.667. The molecule has 1 aliphatic heterocycles. The van der Waals surface area contributed by atoms with E-state index in [1.54, 1.807) is 6.92 Å². The molecular formula is C12H18N2O3. The van der Waals surface area contributed by atoms with E-state index in [4.69, 9.17) is 9.94 Å². The van der Waals surface area contributed by atoms with Gasteiger partial charge in [0.2, 0.25) is 0 Å². The Morgan fingerprint density at radius 2 is 2.00 bits per heavy atom. The van der Waals surface area contributed by atoms with E-state index in [0.717, 1.165) is 25.7 Å². The number of fused-ring (bicyclic) bond motifs is 1. The zero-order chi connectivity index (χ0) is 12.4. The largest absolute Gasteiger partial charge is 0.494 e. The lowest BCUT2D eigenvalue weighted by atomic mass is 9.78. The first-order chi connectivity index (χ1) is 8.19. The third-order valence-corrected chi connectivity index (χ3v) is 3.61. The molecule has 2 rings (SSSR count). The molecule has 1 fully saturated rings. The average Bonchev–Trinajstić information content (AvgIpc) is 2.36. The van der Waals surface area contributed by atoms with Crippen molar-refractivity contribution in [3.63, 3.8) is 0 Å². The van der Waals surface area contributed by atoms with Crippen LogP contribution in [0.25, 0.3) is 0 Å². The van der Waals surface area contributed by atoms with Crippen molar-refractivity contribution in [3.8, 4) is 0 Å². The molecule has 0 saturated heterocycles. The summed E-state index contributed by atoms with van der Waals surface area (Å²) >= 11 is 0. The number of oxime groups is 2. The van der Waals surface area contributed by atoms with Crippen LogP contribution < -0.4 is 0 Å². The summed E-state index contributed by atoms with van der Waals surface area (Å²) in [6.45, 7) is 3.50. The van der Waals surface area contributed by atoms with E-state index in [1.807, 2.05) is 6.92 Å². The van der Waals surface area contributed by atoms with Crippen LogP contribution in [0.5, 0.6) is 0 Å². The van der Waals surface area contributed by atoms with Gasteiger partial charge in [0.1, 0.15) is 11.9 Å². The Balaban J connectivity index is 2.42. The minimum absolute atomic E-state index is 0.102. The zero-order valence-corrected chi connectivity index (χ0v) is 10.2. The molecule has 0 spiro atoms. The van der Waals surface area contributed by atoms with Crippen molar-refractivity contribution in [1.29, 1.82) is 0 Å². The smallest absolute Gasteiger partial charge is 0.107 e. The summed E-state index contributed by atoms with van der Waals surface area (Å²) in [5.41, 5.74) is 1.67. The van der Waals surface area contributed by atoms with Crippen molar-refractivity contribution >= 4 is 11.4 Å². The molecule has 2 atom stereocenters. The molecule has 0 bridgehead atoms. The second-order valence-corrected chi connectivity index (χ2v) is 4.65. The molecule has 0 radical (unpaired) electrons. The Morgan fingerprint density at radius 1 is 1.29 bits per heavy atom. The van der Waals surface area contributed by atoms with Gasteiger partial charge in [-0.2, -0.15) is 0 Å². The van der Waals surface area contributed by atoms with Crippen molar-refractivity contribution in [2.24, 2.45) is 16.2 Å². The highest BCUT2D eigenvalue weighted by Gasteiger charge is 2.38. The summed E-state index contributed by atoms with van der Waals surface area (Å²) in [6, 6.07) is 0. The van der Waals surface area contributed by atoms with Crippen LogP contribution in [0.1, 0.15) is 39.5 Å². The molecule has 2 N–H and O–H groups in total. The molecule has 5 nitrogen and oxygen atoms in total. The highest BCUT2D eigenvalue weighted by atomic mass is 16.5. The Labute approximate surface area is 100 Å². The fourth-order valence-electron chi connectivity index (χ4n) is 2.82. The fourth-order valence-corrected chi connectivity index (χ4v) is 2.82. The number of nitrogens with zero attached hydrogens (tertiary/aromatic N) is 2. The number of rotatable bonds is 1. The van der Waals surface area contributed by atoms with Crippen LogP contribution >= 0.6 is 0 Å². The molecule has 17 heavy (non-hydrogen) atoms. The van der Waals surface area contributed by atoms with Gasteiger partial charge in [-0.3, -0.25) is 0 Å². The molecular weight excluding hydrogens is 220 g/mol. The second kappa shape index (κ2) is 4.77. The highest BCUT2D eigenvalue weighted by molar-refractivity contribution is 6.24. The maximum atomic E-state index is 9.22. The lowest BCUT2D eigenvalue weighted by Crippen LogP contribution is -2.40. The molecule has 0 unspecified atom stereocenters. The summed E-state index contributed by atoms with van der Waals surface area (Å²) in [5, 5.41) is 24.7. The Morgan fingerprint density at radius 3 is 2.65 bits per heavy atom. The zero-order valence-electron chi connectivity index (χ0n) is 10.2. The molecule has 2 aliphatic rings. The predicted octanol–water partition coefficient (Wildman–Crippen LogP) is 2.53. The van der Waals surface area contributed by atoms with E-state index in [-0.39, 0.29) is 12.0 Å². The van der Waals surface area contributed by atoms with Gasteiger partial charge in [0.05, 0.1) is 17.0 Å². The number of allylic oxidation sites excluding steroid dienone is 2. The lowest BCUT2D eigenvalue weighted by molar-refractivity contribution is 0.0511. The second-order valence-electron chi connectivity index (χ2n) is 4.65. The van der Waals surface area contributed by atoms with E-state index < -0.39 is 0 Å². The van der Waals surface area contributed by atoms with E-state index >= 15 is 0 Å². The predicted molar refractivity (Wildman–Crippen MR) is 63.6 cm³/mol. The van der Waals surface area contributed by atoms with Crippen LogP contribution in [0.15, 0.2) is 21.6 Å². The van der Waals surface area contributed by atoms with Gasteiger partial charge in [0.25, 0.3) is 0 Å². The van der Waals surface area contributed by atoms with E-state index in [9.17, 15) is 5.21 Å². The maximum Gasteiger partial charge on any atom is 0.107 e. The molecule has 1 aliphatic carbocycles. The average molecular weight is 238 g/mol. The van der Waals surface area contributed by atoms with Gasteiger partial charge in [0, 0.05) is 5.92 Å². The van der Waals surface area contributed by atoms with Gasteiger partial charge in [-0.25, -0.2) is 0 Å². The molecule has 0 amide bonds. The minimum Gasteiger partial charge on any atom is -0.494 e. The third kappa shape index (κ3) is 2.01. The number of hydrogen-bond acceptors (Lipinski definition) is 5. The third-order valence-electron chi connectivity index (χ3n) is 3.61. The van der Waals surface area contributed by atoms with Crippen molar-refractivity contribution in [3.05, 3.63) is 11.3 Å². The van der Waals surface area contributed by atoms with Gasteiger partial charge < -0.3 is 15.2 Å². The first-order valence-corrected chi connectivity index (χ1v) is 5.98. The van der Waals surface area contributed by atoms with E-state index in [2.05, 4.69) is 10.3 Å². The SMILES string of the molecule is CC1=C(/C(C)=N/O)/C(=N/O)[C@H]2CCCC[C@H]2O1.